The Morgan fingerprint density at radius 1 is 1.25 bits per heavy atom. The van der Waals surface area contributed by atoms with Gasteiger partial charge in [0, 0.05) is 37.6 Å². The minimum atomic E-state index is -5.06. The van der Waals surface area contributed by atoms with Gasteiger partial charge in [-0.15, -0.1) is 0 Å². The lowest BCUT2D eigenvalue weighted by molar-refractivity contribution is 0.223. The van der Waals surface area contributed by atoms with Crippen LogP contribution in [0.3, 0.4) is 0 Å². The van der Waals surface area contributed by atoms with Gasteiger partial charge in [-0.1, -0.05) is 9.95 Å². The smallest absolute Gasteiger partial charge is 0.358 e. The lowest BCUT2D eigenvalue weighted by Crippen LogP contribution is -2.33. The summed E-state index contributed by atoms with van der Waals surface area (Å²) in [5, 5.41) is 2.64. The van der Waals surface area contributed by atoms with Crippen LogP contribution in [0.4, 0.5) is 14.4 Å². The van der Waals surface area contributed by atoms with E-state index in [1.54, 1.807) is 13.2 Å². The summed E-state index contributed by atoms with van der Waals surface area (Å²) in [6.45, 7) is 0.476. The van der Waals surface area contributed by atoms with Crippen molar-refractivity contribution in [3.8, 4) is 5.75 Å². The third-order valence-electron chi connectivity index (χ3n) is 3.08. The second-order valence-electron chi connectivity index (χ2n) is 4.92. The zero-order valence-corrected chi connectivity index (χ0v) is 13.7. The van der Waals surface area contributed by atoms with Gasteiger partial charge in [-0.2, -0.15) is 8.42 Å². The van der Waals surface area contributed by atoms with E-state index in [2.05, 4.69) is 14.5 Å². The quantitative estimate of drug-likeness (QED) is 0.806. The third-order valence-corrected chi connectivity index (χ3v) is 3.47. The van der Waals surface area contributed by atoms with Gasteiger partial charge in [0.2, 0.25) is 0 Å². The van der Waals surface area contributed by atoms with E-state index in [0.717, 1.165) is 5.69 Å². The summed E-state index contributed by atoms with van der Waals surface area (Å²) < 4.78 is 37.2. The maximum Gasteiger partial charge on any atom is 0.488 e. The number of nitrogens with one attached hydrogen (secondary N) is 1. The number of nitrogens with zero attached hydrogens (tertiary/aromatic N) is 2. The maximum atomic E-state index is 12.4. The molecule has 0 spiro atoms. The normalized spacial score (nSPS) is 10.9. The van der Waals surface area contributed by atoms with Crippen LogP contribution >= 0.6 is 0 Å². The van der Waals surface area contributed by atoms with Crippen molar-refractivity contribution >= 4 is 22.2 Å². The molecule has 0 atom stereocenters. The van der Waals surface area contributed by atoms with Crippen LogP contribution < -0.4 is 9.50 Å². The molecule has 9 heteroatoms. The standard InChI is InChI=1S/C15H16FN3O4S/c1-19(11-9-12-4-2-3-10-17-12)15(20)18-13-5-7-14(8-6-13)23-24(16,21)22/h2-8,10H,9,11H2,1H3,(H,18,20). The molecule has 24 heavy (non-hydrogen) atoms. The lowest BCUT2D eigenvalue weighted by Gasteiger charge is -2.17. The van der Waals surface area contributed by atoms with Gasteiger partial charge in [-0.05, 0) is 36.4 Å². The second kappa shape index (κ2) is 7.73. The molecule has 0 aliphatic carbocycles. The second-order valence-corrected chi connectivity index (χ2v) is 5.88. The third kappa shape index (κ3) is 5.84. The highest BCUT2D eigenvalue weighted by atomic mass is 32.3. The molecule has 0 bridgehead atoms. The number of rotatable bonds is 6. The first-order valence-electron chi connectivity index (χ1n) is 7.00. The SMILES string of the molecule is CN(CCc1ccccn1)C(=O)Nc1ccc(OS(=O)(=O)F)cc1. The molecule has 0 unspecified atom stereocenters. The average Bonchev–Trinajstić information content (AvgIpc) is 2.54. The van der Waals surface area contributed by atoms with Crippen molar-refractivity contribution in [2.24, 2.45) is 0 Å². The molecular weight excluding hydrogens is 337 g/mol. The summed E-state index contributed by atoms with van der Waals surface area (Å²) in [6, 6.07) is 10.5. The predicted molar refractivity (Wildman–Crippen MR) is 86.7 cm³/mol. The number of pyridine rings is 1. The number of halogens is 1. The van der Waals surface area contributed by atoms with Crippen molar-refractivity contribution in [3.63, 3.8) is 0 Å². The molecule has 2 amide bonds. The molecule has 0 saturated carbocycles. The molecule has 2 aromatic rings. The van der Waals surface area contributed by atoms with Crippen molar-refractivity contribution in [1.29, 1.82) is 0 Å². The first-order chi connectivity index (χ1) is 11.3. The van der Waals surface area contributed by atoms with Gasteiger partial charge < -0.3 is 14.4 Å². The molecule has 7 nitrogen and oxygen atoms in total. The van der Waals surface area contributed by atoms with Gasteiger partial charge in [-0.3, -0.25) is 4.98 Å². The number of carbonyl (C=O) groups excluding carboxylic acids is 1. The van der Waals surface area contributed by atoms with Gasteiger partial charge in [-0.25, -0.2) is 4.79 Å². The Bertz CT molecular complexity index is 782. The zero-order chi connectivity index (χ0) is 17.6. The van der Waals surface area contributed by atoms with E-state index >= 15 is 0 Å². The number of benzene rings is 1. The first-order valence-corrected chi connectivity index (χ1v) is 8.30. The Morgan fingerprint density at radius 3 is 2.54 bits per heavy atom. The fourth-order valence-electron chi connectivity index (χ4n) is 1.86. The van der Waals surface area contributed by atoms with E-state index in [1.807, 2.05) is 18.2 Å². The number of urea groups is 1. The fraction of sp³-hybridized carbons (Fsp3) is 0.200. The van der Waals surface area contributed by atoms with Crippen molar-refractivity contribution in [1.82, 2.24) is 9.88 Å². The Morgan fingerprint density at radius 2 is 1.96 bits per heavy atom. The van der Waals surface area contributed by atoms with Crippen LogP contribution in [0.2, 0.25) is 0 Å². The number of hydrogen-bond donors (Lipinski definition) is 1. The minimum absolute atomic E-state index is 0.181. The average molecular weight is 353 g/mol. The minimum Gasteiger partial charge on any atom is -0.358 e. The number of aromatic nitrogens is 1. The van der Waals surface area contributed by atoms with Crippen LogP contribution in [0.25, 0.3) is 0 Å². The molecule has 2 rings (SSSR count). The molecule has 0 saturated heterocycles. The van der Waals surface area contributed by atoms with Crippen molar-refractivity contribution in [2.45, 2.75) is 6.42 Å². The summed E-state index contributed by atoms with van der Waals surface area (Å²) in [6.07, 6.45) is 2.31. The molecule has 0 aliphatic rings. The fourth-order valence-corrected chi connectivity index (χ4v) is 2.20. The number of amides is 2. The summed E-state index contributed by atoms with van der Waals surface area (Å²) in [5.41, 5.74) is 1.30. The number of carbonyl (C=O) groups is 1. The van der Waals surface area contributed by atoms with Crippen LogP contribution in [0.15, 0.2) is 48.7 Å². The van der Waals surface area contributed by atoms with E-state index in [4.69, 9.17) is 0 Å². The van der Waals surface area contributed by atoms with Gasteiger partial charge in [0.15, 0.2) is 0 Å². The zero-order valence-electron chi connectivity index (χ0n) is 12.8. The number of likely N-dealkylation sites (N-methyl/N-ethyl adjacent to an activating group) is 1. The van der Waals surface area contributed by atoms with Crippen LogP contribution in [0.5, 0.6) is 5.75 Å². The molecule has 1 N–H and O–H groups in total. The Balaban J connectivity index is 1.87. The summed E-state index contributed by atoms with van der Waals surface area (Å²) in [7, 11) is -3.42. The summed E-state index contributed by atoms with van der Waals surface area (Å²) in [4.78, 5) is 17.7. The Labute approximate surface area is 139 Å². The molecule has 1 heterocycles. The number of anilines is 1. The molecule has 0 aliphatic heterocycles. The van der Waals surface area contributed by atoms with Crippen LogP contribution in [-0.4, -0.2) is 37.9 Å². The largest absolute Gasteiger partial charge is 0.488 e. The van der Waals surface area contributed by atoms with Crippen molar-refractivity contribution in [3.05, 3.63) is 54.4 Å². The van der Waals surface area contributed by atoms with Crippen LogP contribution in [0, 0.1) is 0 Å². The van der Waals surface area contributed by atoms with E-state index in [1.165, 1.54) is 29.2 Å². The summed E-state index contributed by atoms with van der Waals surface area (Å²) in [5.74, 6) is -0.181. The van der Waals surface area contributed by atoms with Crippen molar-refractivity contribution in [2.75, 3.05) is 18.9 Å². The molecule has 1 aromatic heterocycles. The topological polar surface area (TPSA) is 88.6 Å². The Kier molecular flexibility index (Phi) is 5.69. The molecular formula is C15H16FN3O4S. The number of hydrogen-bond acceptors (Lipinski definition) is 5. The first kappa shape index (κ1) is 17.7. The van der Waals surface area contributed by atoms with Gasteiger partial charge >= 0.3 is 16.5 Å². The highest BCUT2D eigenvalue weighted by Crippen LogP contribution is 2.18. The van der Waals surface area contributed by atoms with Crippen molar-refractivity contribution < 1.29 is 21.3 Å². The highest BCUT2D eigenvalue weighted by Gasteiger charge is 2.11. The van der Waals surface area contributed by atoms with E-state index in [-0.39, 0.29) is 11.8 Å². The molecule has 128 valence electrons. The molecule has 0 radical (unpaired) electrons. The van der Waals surface area contributed by atoms with E-state index in [0.29, 0.717) is 18.7 Å². The predicted octanol–water partition coefficient (Wildman–Crippen LogP) is 2.38. The maximum absolute atomic E-state index is 12.4. The Hall–Kier alpha value is -2.68. The highest BCUT2D eigenvalue weighted by molar-refractivity contribution is 7.81. The van der Waals surface area contributed by atoms with E-state index in [9.17, 15) is 17.1 Å². The molecule has 1 aromatic carbocycles. The summed E-state index contributed by atoms with van der Waals surface area (Å²) >= 11 is 0. The van der Waals surface area contributed by atoms with Gasteiger partial charge in [0.1, 0.15) is 5.75 Å². The van der Waals surface area contributed by atoms with Crippen LogP contribution in [0.1, 0.15) is 5.69 Å². The monoisotopic (exact) mass is 353 g/mol. The van der Waals surface area contributed by atoms with Gasteiger partial charge in [0.05, 0.1) is 0 Å². The van der Waals surface area contributed by atoms with E-state index < -0.39 is 10.5 Å². The molecule has 0 fully saturated rings. The van der Waals surface area contributed by atoms with Crippen LogP contribution in [-0.2, 0) is 16.9 Å². The van der Waals surface area contributed by atoms with Gasteiger partial charge in [0.25, 0.3) is 0 Å². The lowest BCUT2D eigenvalue weighted by atomic mass is 10.2.